The number of hydrogen-bond donors (Lipinski definition) is 0. The molecule has 12 heavy (non-hydrogen) atoms. The van der Waals surface area contributed by atoms with Gasteiger partial charge in [0.2, 0.25) is 0 Å². The third-order valence-electron chi connectivity index (χ3n) is 1.66. The molecule has 66 valence electrons. The Morgan fingerprint density at radius 1 is 1.25 bits per heavy atom. The summed E-state index contributed by atoms with van der Waals surface area (Å²) in [7, 11) is 0. The van der Waals surface area contributed by atoms with Crippen LogP contribution in [0.1, 0.15) is 5.56 Å². The van der Waals surface area contributed by atoms with Crippen LogP contribution in [0.4, 0.5) is 12.9 Å². The monoisotopic (exact) mass is 237 g/mol. The fraction of sp³-hybridized carbons (Fsp3) is 0.143. The van der Waals surface area contributed by atoms with Crippen LogP contribution in [0.3, 0.4) is 0 Å². The van der Waals surface area contributed by atoms with Crippen molar-refractivity contribution in [2.24, 2.45) is 0 Å². The standard InChI is InChI=1S/C7H6BBrF3/c1-5-6(8(10,11)12)3-2-4-7(5)9/h2-4H,1H3/q-1. The first-order valence-electron chi connectivity index (χ1n) is 3.38. The molecule has 5 heteroatoms. The van der Waals surface area contributed by atoms with Gasteiger partial charge in [-0.1, -0.05) is 33.6 Å². The van der Waals surface area contributed by atoms with Crippen LogP contribution < -0.4 is 5.46 Å². The number of rotatable bonds is 1. The lowest BCUT2D eigenvalue weighted by Crippen LogP contribution is -2.36. The van der Waals surface area contributed by atoms with Crippen molar-refractivity contribution in [2.45, 2.75) is 6.92 Å². The van der Waals surface area contributed by atoms with E-state index in [1.165, 1.54) is 13.0 Å². The highest BCUT2D eigenvalue weighted by Crippen LogP contribution is 2.18. The van der Waals surface area contributed by atoms with E-state index in [2.05, 4.69) is 15.9 Å². The first kappa shape index (κ1) is 9.64. The van der Waals surface area contributed by atoms with Gasteiger partial charge in [-0.05, 0) is 13.0 Å². The zero-order valence-electron chi connectivity index (χ0n) is 6.32. The second-order valence-corrected chi connectivity index (χ2v) is 3.38. The van der Waals surface area contributed by atoms with E-state index in [1.807, 2.05) is 0 Å². The van der Waals surface area contributed by atoms with E-state index < -0.39 is 12.4 Å². The van der Waals surface area contributed by atoms with Crippen LogP contribution in [-0.2, 0) is 0 Å². The Bertz CT molecular complexity index is 295. The molecule has 0 saturated carbocycles. The lowest BCUT2D eigenvalue weighted by Gasteiger charge is -2.18. The molecule has 0 atom stereocenters. The molecule has 0 unspecified atom stereocenters. The van der Waals surface area contributed by atoms with Crippen LogP contribution in [0.15, 0.2) is 22.7 Å². The highest BCUT2D eigenvalue weighted by Gasteiger charge is 2.27. The summed E-state index contributed by atoms with van der Waals surface area (Å²) >= 11 is 3.05. The second-order valence-electron chi connectivity index (χ2n) is 2.53. The van der Waals surface area contributed by atoms with Gasteiger partial charge < -0.3 is 12.9 Å². The van der Waals surface area contributed by atoms with E-state index in [4.69, 9.17) is 0 Å². The smallest absolute Gasteiger partial charge is 0.445 e. The van der Waals surface area contributed by atoms with Gasteiger partial charge in [0.1, 0.15) is 0 Å². The SMILES string of the molecule is Cc1c(Br)cccc1[B-](F)(F)F. The Kier molecular flexibility index (Phi) is 2.51. The minimum atomic E-state index is -4.88. The minimum absolute atomic E-state index is 0.255. The molecule has 0 aliphatic rings. The van der Waals surface area contributed by atoms with Crippen LogP contribution in [0.5, 0.6) is 0 Å². The Labute approximate surface area is 77.0 Å². The van der Waals surface area contributed by atoms with E-state index in [1.54, 1.807) is 6.07 Å². The molecular formula is C7H6BBrF3-. The zero-order valence-corrected chi connectivity index (χ0v) is 7.91. The Hall–Kier alpha value is -0.445. The number of benzene rings is 1. The third-order valence-corrected chi connectivity index (χ3v) is 2.52. The number of halogens is 4. The van der Waals surface area contributed by atoms with Crippen molar-refractivity contribution in [3.8, 4) is 0 Å². The minimum Gasteiger partial charge on any atom is -0.445 e. The summed E-state index contributed by atoms with van der Waals surface area (Å²) in [5.41, 5.74) is -0.269. The molecule has 0 aliphatic heterocycles. The molecule has 0 nitrogen and oxygen atoms in total. The zero-order chi connectivity index (χ0) is 9.35. The molecule has 0 saturated heterocycles. The van der Waals surface area contributed by atoms with Crippen LogP contribution in [0.2, 0.25) is 0 Å². The molecular weight excluding hydrogens is 232 g/mol. The molecule has 0 fully saturated rings. The van der Waals surface area contributed by atoms with Gasteiger partial charge in [0.15, 0.2) is 0 Å². The van der Waals surface area contributed by atoms with Crippen molar-refractivity contribution in [3.63, 3.8) is 0 Å². The molecule has 0 aromatic heterocycles. The maximum Gasteiger partial charge on any atom is 0.509 e. The molecule has 1 aromatic rings. The summed E-state index contributed by atoms with van der Waals surface area (Å²) in [6, 6.07) is 4.09. The van der Waals surface area contributed by atoms with Crippen LogP contribution in [-0.4, -0.2) is 6.98 Å². The fourth-order valence-electron chi connectivity index (χ4n) is 0.979. The predicted octanol–water partition coefficient (Wildman–Crippen LogP) is 2.81. The molecule has 1 aromatic carbocycles. The van der Waals surface area contributed by atoms with Gasteiger partial charge >= 0.3 is 6.98 Å². The average Bonchev–Trinajstić information content (AvgIpc) is 1.92. The van der Waals surface area contributed by atoms with Crippen molar-refractivity contribution in [2.75, 3.05) is 0 Å². The third kappa shape index (κ3) is 1.83. The summed E-state index contributed by atoms with van der Waals surface area (Å²) in [4.78, 5) is 0. The van der Waals surface area contributed by atoms with E-state index in [0.717, 1.165) is 6.07 Å². The largest absolute Gasteiger partial charge is 0.509 e. The predicted molar refractivity (Wildman–Crippen MR) is 47.6 cm³/mol. The molecule has 0 N–H and O–H groups in total. The van der Waals surface area contributed by atoms with E-state index in [0.29, 0.717) is 4.47 Å². The Morgan fingerprint density at radius 2 is 1.83 bits per heavy atom. The van der Waals surface area contributed by atoms with Gasteiger partial charge in [-0.2, -0.15) is 0 Å². The van der Waals surface area contributed by atoms with Crippen molar-refractivity contribution >= 4 is 28.4 Å². The Balaban J connectivity index is 3.26. The second kappa shape index (κ2) is 3.13. The molecule has 0 amide bonds. The van der Waals surface area contributed by atoms with Crippen molar-refractivity contribution in [1.29, 1.82) is 0 Å². The Morgan fingerprint density at radius 3 is 2.25 bits per heavy atom. The molecule has 0 spiro atoms. The summed E-state index contributed by atoms with van der Waals surface area (Å²) in [6.07, 6.45) is 0. The fourth-order valence-corrected chi connectivity index (χ4v) is 1.36. The van der Waals surface area contributed by atoms with Crippen molar-refractivity contribution in [3.05, 3.63) is 28.2 Å². The maximum atomic E-state index is 12.3. The van der Waals surface area contributed by atoms with Crippen LogP contribution in [0, 0.1) is 6.92 Å². The van der Waals surface area contributed by atoms with Gasteiger partial charge in [-0.15, -0.1) is 5.46 Å². The van der Waals surface area contributed by atoms with E-state index in [9.17, 15) is 12.9 Å². The van der Waals surface area contributed by atoms with E-state index in [-0.39, 0.29) is 5.56 Å². The van der Waals surface area contributed by atoms with Crippen LogP contribution >= 0.6 is 15.9 Å². The van der Waals surface area contributed by atoms with Crippen LogP contribution in [0.25, 0.3) is 0 Å². The average molecular weight is 238 g/mol. The van der Waals surface area contributed by atoms with Gasteiger partial charge in [0, 0.05) is 4.47 Å². The molecule has 1 rings (SSSR count). The quantitative estimate of drug-likeness (QED) is 0.659. The van der Waals surface area contributed by atoms with Gasteiger partial charge in [-0.25, -0.2) is 0 Å². The molecule has 0 bridgehead atoms. The first-order valence-corrected chi connectivity index (χ1v) is 4.17. The topological polar surface area (TPSA) is 0 Å². The van der Waals surface area contributed by atoms with Gasteiger partial charge in [0.25, 0.3) is 0 Å². The molecule has 0 aliphatic carbocycles. The highest BCUT2D eigenvalue weighted by atomic mass is 79.9. The highest BCUT2D eigenvalue weighted by molar-refractivity contribution is 9.10. The normalized spacial score (nSPS) is 11.8. The lowest BCUT2D eigenvalue weighted by atomic mass is 9.77. The van der Waals surface area contributed by atoms with Gasteiger partial charge in [0.05, 0.1) is 0 Å². The van der Waals surface area contributed by atoms with Gasteiger partial charge in [-0.3, -0.25) is 0 Å². The van der Waals surface area contributed by atoms with E-state index >= 15 is 0 Å². The summed E-state index contributed by atoms with van der Waals surface area (Å²) in [5.74, 6) is 0. The summed E-state index contributed by atoms with van der Waals surface area (Å²) in [5, 5.41) is 0. The number of hydrogen-bond acceptors (Lipinski definition) is 0. The first-order chi connectivity index (χ1) is 5.43. The molecule has 0 radical (unpaired) electrons. The van der Waals surface area contributed by atoms with Crippen molar-refractivity contribution < 1.29 is 12.9 Å². The van der Waals surface area contributed by atoms with Crippen molar-refractivity contribution in [1.82, 2.24) is 0 Å². The summed E-state index contributed by atoms with van der Waals surface area (Å²) in [6.45, 7) is -3.43. The lowest BCUT2D eigenvalue weighted by molar-refractivity contribution is 0.500. The molecule has 0 heterocycles. The summed E-state index contributed by atoms with van der Waals surface area (Å²) < 4.78 is 37.3. The maximum absolute atomic E-state index is 12.3.